The summed E-state index contributed by atoms with van der Waals surface area (Å²) < 4.78 is 39.4. The summed E-state index contributed by atoms with van der Waals surface area (Å²) in [6, 6.07) is 4.09. The molecular weight excluding hydrogens is 452 g/mol. The summed E-state index contributed by atoms with van der Waals surface area (Å²) in [5, 5.41) is 4.48. The molecule has 1 aliphatic carbocycles. The van der Waals surface area contributed by atoms with Gasteiger partial charge in [-0.15, -0.1) is 0 Å². The van der Waals surface area contributed by atoms with Crippen molar-refractivity contribution < 1.29 is 17.6 Å². The second kappa shape index (κ2) is 10.6. The molecule has 1 aromatic rings. The summed E-state index contributed by atoms with van der Waals surface area (Å²) in [6.07, 6.45) is 2.37. The molecule has 0 heterocycles. The number of nitrogens with one attached hydrogen (secondary N) is 1. The van der Waals surface area contributed by atoms with E-state index in [2.05, 4.69) is 43.4 Å². The largest absolute Gasteiger partial charge is 0.404 e. The number of nitrogens with zero attached hydrogens (tertiary/aromatic N) is 1. The van der Waals surface area contributed by atoms with Gasteiger partial charge in [0.1, 0.15) is 5.60 Å². The van der Waals surface area contributed by atoms with Gasteiger partial charge in [-0.25, -0.2) is 4.83 Å². The van der Waals surface area contributed by atoms with Crippen molar-refractivity contribution in [2.45, 2.75) is 109 Å². The summed E-state index contributed by atoms with van der Waals surface area (Å²) >= 11 is 0. The highest BCUT2D eigenvalue weighted by molar-refractivity contribution is 7.89. The fourth-order valence-corrected chi connectivity index (χ4v) is 7.53. The van der Waals surface area contributed by atoms with Gasteiger partial charge in [-0.05, 0) is 73.3 Å². The topological polar surface area (TPSA) is 77.0 Å². The van der Waals surface area contributed by atoms with Crippen molar-refractivity contribution in [3.05, 3.63) is 28.8 Å². The van der Waals surface area contributed by atoms with Gasteiger partial charge in [0.25, 0.3) is 10.0 Å². The second-order valence-electron chi connectivity index (χ2n) is 11.1. The summed E-state index contributed by atoms with van der Waals surface area (Å²) in [5.74, 6) is 0.446. The van der Waals surface area contributed by atoms with Gasteiger partial charge >= 0.3 is 0 Å². The number of hydrogen-bond donors (Lipinski definition) is 1. The third kappa shape index (κ3) is 6.68. The SMILES string of the molecule is COC[C@@]1(O[Si](C)(C)C)CCCC1=NNS(=O)(=O)c1c(C(C)C)cc(C(C)C)cc1C(C)C. The van der Waals surface area contributed by atoms with Crippen molar-refractivity contribution >= 4 is 24.1 Å². The van der Waals surface area contributed by atoms with E-state index in [1.807, 2.05) is 39.8 Å². The van der Waals surface area contributed by atoms with Gasteiger partial charge in [0.05, 0.1) is 17.2 Å². The maximum atomic E-state index is 13.7. The molecule has 0 bridgehead atoms. The Bertz CT molecular complexity index is 936. The van der Waals surface area contributed by atoms with E-state index in [9.17, 15) is 8.42 Å². The number of sulfonamides is 1. The van der Waals surface area contributed by atoms with Crippen molar-refractivity contribution in [2.75, 3.05) is 13.7 Å². The van der Waals surface area contributed by atoms with E-state index >= 15 is 0 Å². The Balaban J connectivity index is 2.57. The standard InChI is InChI=1S/C25H44N2O4SSi/c1-17(2)20-14-21(18(3)4)24(22(15-20)19(5)6)32(28,29)27-26-23-12-11-13-25(23,16-30-7)31-33(8,9)10/h14-15,17-19,27H,11-13,16H2,1-10H3/t25-/m0/s1. The monoisotopic (exact) mass is 496 g/mol. The van der Waals surface area contributed by atoms with E-state index in [0.717, 1.165) is 35.2 Å². The lowest BCUT2D eigenvalue weighted by Crippen LogP contribution is -2.49. The van der Waals surface area contributed by atoms with Gasteiger partial charge < -0.3 is 9.16 Å². The third-order valence-corrected chi connectivity index (χ3v) is 8.39. The maximum absolute atomic E-state index is 13.7. The molecule has 0 aromatic heterocycles. The minimum Gasteiger partial charge on any atom is -0.404 e. The minimum absolute atomic E-state index is 0.0646. The lowest BCUT2D eigenvalue weighted by atomic mass is 9.89. The van der Waals surface area contributed by atoms with Crippen LogP contribution in [0.1, 0.15) is 95.2 Å². The molecule has 1 atom stereocenters. The van der Waals surface area contributed by atoms with Crippen LogP contribution in [-0.2, 0) is 19.2 Å². The highest BCUT2D eigenvalue weighted by atomic mass is 32.2. The van der Waals surface area contributed by atoms with E-state index in [1.165, 1.54) is 0 Å². The molecular formula is C25H44N2O4SSi. The summed E-state index contributed by atoms with van der Waals surface area (Å²) in [7, 11) is -4.14. The zero-order valence-electron chi connectivity index (χ0n) is 22.2. The highest BCUT2D eigenvalue weighted by Gasteiger charge is 2.44. The molecule has 8 heteroatoms. The Hall–Kier alpha value is -1.22. The predicted octanol–water partition coefficient (Wildman–Crippen LogP) is 6.11. The van der Waals surface area contributed by atoms with Gasteiger partial charge in [-0.3, -0.25) is 0 Å². The Labute approximate surface area is 202 Å². The van der Waals surface area contributed by atoms with Crippen molar-refractivity contribution in [1.82, 2.24) is 4.83 Å². The smallest absolute Gasteiger partial charge is 0.277 e. The Kier molecular flexibility index (Phi) is 8.99. The fourth-order valence-electron chi connectivity index (χ4n) is 4.55. The van der Waals surface area contributed by atoms with E-state index in [1.54, 1.807) is 7.11 Å². The highest BCUT2D eigenvalue weighted by Crippen LogP contribution is 2.36. The van der Waals surface area contributed by atoms with Crippen molar-refractivity contribution in [1.29, 1.82) is 0 Å². The third-order valence-electron chi connectivity index (χ3n) is 6.05. The quantitative estimate of drug-likeness (QED) is 0.313. The normalized spacial score (nSPS) is 21.1. The predicted molar refractivity (Wildman–Crippen MR) is 139 cm³/mol. The van der Waals surface area contributed by atoms with Gasteiger partial charge in [-0.1, -0.05) is 53.7 Å². The molecule has 0 radical (unpaired) electrons. The first-order valence-electron chi connectivity index (χ1n) is 12.1. The molecule has 1 saturated carbocycles. The average Bonchev–Trinajstić information content (AvgIpc) is 3.05. The molecule has 0 amide bonds. The Morgan fingerprint density at radius 1 is 1.03 bits per heavy atom. The summed E-state index contributed by atoms with van der Waals surface area (Å²) in [4.78, 5) is 2.96. The van der Waals surface area contributed by atoms with Crippen LogP contribution >= 0.6 is 0 Å². The summed E-state index contributed by atoms with van der Waals surface area (Å²) in [6.45, 7) is 19.2. The number of rotatable bonds is 10. The number of hydrazone groups is 1. The number of hydrogen-bond acceptors (Lipinski definition) is 5. The average molecular weight is 497 g/mol. The van der Waals surface area contributed by atoms with E-state index in [-0.39, 0.29) is 11.8 Å². The van der Waals surface area contributed by atoms with Crippen LogP contribution in [0.3, 0.4) is 0 Å². The molecule has 0 saturated heterocycles. The van der Waals surface area contributed by atoms with E-state index in [4.69, 9.17) is 9.16 Å². The summed E-state index contributed by atoms with van der Waals surface area (Å²) in [5.41, 5.74) is 2.90. The maximum Gasteiger partial charge on any atom is 0.277 e. The molecule has 2 rings (SSSR count). The van der Waals surface area contributed by atoms with E-state index in [0.29, 0.717) is 23.8 Å². The van der Waals surface area contributed by atoms with Gasteiger partial charge in [0.15, 0.2) is 8.32 Å². The van der Waals surface area contributed by atoms with Crippen LogP contribution in [0.2, 0.25) is 19.6 Å². The van der Waals surface area contributed by atoms with Crippen LogP contribution in [0.15, 0.2) is 22.1 Å². The Morgan fingerprint density at radius 3 is 2.00 bits per heavy atom. The van der Waals surface area contributed by atoms with Crippen molar-refractivity contribution in [3.8, 4) is 0 Å². The van der Waals surface area contributed by atoms with Crippen molar-refractivity contribution in [3.63, 3.8) is 0 Å². The van der Waals surface area contributed by atoms with Crippen LogP contribution in [0.4, 0.5) is 0 Å². The van der Waals surface area contributed by atoms with Crippen LogP contribution in [0.25, 0.3) is 0 Å². The number of benzene rings is 1. The number of methoxy groups -OCH3 is 1. The Morgan fingerprint density at radius 2 is 1.58 bits per heavy atom. The van der Waals surface area contributed by atoms with Gasteiger partial charge in [0.2, 0.25) is 0 Å². The minimum atomic E-state index is -3.87. The van der Waals surface area contributed by atoms with E-state index < -0.39 is 23.9 Å². The molecule has 0 spiro atoms. The lowest BCUT2D eigenvalue weighted by Gasteiger charge is -2.36. The zero-order chi connectivity index (χ0) is 25.2. The first kappa shape index (κ1) is 28.0. The molecule has 33 heavy (non-hydrogen) atoms. The van der Waals surface area contributed by atoms with Gasteiger partial charge in [-0.2, -0.15) is 13.5 Å². The molecule has 188 valence electrons. The first-order chi connectivity index (χ1) is 15.1. The second-order valence-corrected chi connectivity index (χ2v) is 17.2. The lowest BCUT2D eigenvalue weighted by molar-refractivity contribution is 0.0356. The molecule has 1 aromatic carbocycles. The molecule has 1 fully saturated rings. The van der Waals surface area contributed by atoms with Gasteiger partial charge in [0, 0.05) is 7.11 Å². The first-order valence-corrected chi connectivity index (χ1v) is 17.0. The van der Waals surface area contributed by atoms with Crippen LogP contribution in [0.5, 0.6) is 0 Å². The zero-order valence-corrected chi connectivity index (χ0v) is 24.0. The van der Waals surface area contributed by atoms with Crippen molar-refractivity contribution in [2.24, 2.45) is 5.10 Å². The molecule has 1 N–H and O–H groups in total. The van der Waals surface area contributed by atoms with Crippen LogP contribution in [0, 0.1) is 0 Å². The van der Waals surface area contributed by atoms with Crippen LogP contribution < -0.4 is 4.83 Å². The molecule has 0 unspecified atom stereocenters. The molecule has 0 aliphatic heterocycles. The fraction of sp³-hybridized carbons (Fsp3) is 0.720. The van der Waals surface area contributed by atoms with Crippen LogP contribution in [-0.4, -0.2) is 41.8 Å². The molecule has 1 aliphatic rings. The molecule has 6 nitrogen and oxygen atoms in total. The number of ether oxygens (including phenoxy) is 1.